The maximum absolute atomic E-state index is 12.8. The molecule has 444 valence electrons. The molecule has 3 N–H and O–H groups in total. The lowest BCUT2D eigenvalue weighted by molar-refractivity contribution is 0.0816. The van der Waals surface area contributed by atoms with Crippen molar-refractivity contribution in [3.8, 4) is 17.2 Å². The van der Waals surface area contributed by atoms with Crippen molar-refractivity contribution < 1.29 is 44.1 Å². The molecular weight excluding hydrogens is 1040 g/mol. The molecule has 0 fully saturated rings. The predicted molar refractivity (Wildman–Crippen MR) is 342 cm³/mol. The lowest BCUT2D eigenvalue weighted by atomic mass is 9.77. The molecule has 0 aliphatic rings. The van der Waals surface area contributed by atoms with Gasteiger partial charge in [0.05, 0.1) is 0 Å². The third kappa shape index (κ3) is 18.0. The molecule has 9 nitrogen and oxygen atoms in total. The van der Waals surface area contributed by atoms with Gasteiger partial charge in [0.25, 0.3) is 0 Å². The van der Waals surface area contributed by atoms with Crippen LogP contribution in [0.4, 0.5) is 0 Å². The van der Waals surface area contributed by atoms with Crippen LogP contribution >= 0.6 is 0 Å². The summed E-state index contributed by atoms with van der Waals surface area (Å²) in [6.07, 6.45) is 0. The molecule has 0 amide bonds. The molecular formula is C75H90O9. The number of benzene rings is 7. The number of carbonyl (C=O) groups is 6. The van der Waals surface area contributed by atoms with Crippen molar-refractivity contribution in [2.75, 3.05) is 0 Å². The first-order chi connectivity index (χ1) is 38.5. The second-order valence-electron chi connectivity index (χ2n) is 28.0. The summed E-state index contributed by atoms with van der Waals surface area (Å²) < 4.78 is 0. The normalized spacial score (nSPS) is 11.8. The number of hydrogen-bond acceptors (Lipinski definition) is 9. The fourth-order valence-corrected chi connectivity index (χ4v) is 9.48. The summed E-state index contributed by atoms with van der Waals surface area (Å²) in [5.74, 6) is -2.68. The molecule has 0 aromatic heterocycles. The Labute approximate surface area is 500 Å². The van der Waals surface area contributed by atoms with E-state index in [-0.39, 0.29) is 49.7 Å². The van der Waals surface area contributed by atoms with Gasteiger partial charge in [0.15, 0.2) is 0 Å². The molecule has 0 saturated heterocycles. The number of carbonyl (C=O) groups excluding carboxylic acids is 6. The minimum absolute atomic E-state index is 0.198. The number of phenolic OH excluding ortho intramolecular Hbond substituents is 3. The Hall–Kier alpha value is -8.04. The van der Waals surface area contributed by atoms with E-state index in [4.69, 9.17) is 0 Å². The van der Waals surface area contributed by atoms with Crippen LogP contribution in [-0.2, 0) is 32.5 Å². The topological polar surface area (TPSA) is 163 Å². The quantitative estimate of drug-likeness (QED) is 0.0943. The van der Waals surface area contributed by atoms with E-state index < -0.39 is 34.7 Å². The van der Waals surface area contributed by atoms with Crippen LogP contribution in [0.2, 0.25) is 0 Å². The zero-order chi connectivity index (χ0) is 63.8. The Kier molecular flexibility index (Phi) is 21.7. The molecule has 0 unspecified atom stereocenters. The number of aryl methyl sites for hydroxylation is 3. The molecule has 0 saturated carbocycles. The summed E-state index contributed by atoms with van der Waals surface area (Å²) in [6, 6.07) is 42.1. The number of rotatable bonds is 9. The van der Waals surface area contributed by atoms with Gasteiger partial charge in [-0.25, -0.2) is 0 Å². The fraction of sp³-hybridized carbons (Fsp3) is 0.360. The van der Waals surface area contributed by atoms with E-state index in [1.807, 2.05) is 125 Å². The van der Waals surface area contributed by atoms with Crippen molar-refractivity contribution in [3.05, 3.63) is 229 Å². The molecule has 0 atom stereocenters. The summed E-state index contributed by atoms with van der Waals surface area (Å²) in [5.41, 5.74) is 8.05. The Morgan fingerprint density at radius 2 is 0.381 bits per heavy atom. The van der Waals surface area contributed by atoms with Crippen LogP contribution in [-0.4, -0.2) is 50.0 Å². The summed E-state index contributed by atoms with van der Waals surface area (Å²) in [7, 11) is 0. The van der Waals surface area contributed by atoms with Gasteiger partial charge in [0, 0.05) is 66.8 Å². The van der Waals surface area contributed by atoms with Crippen LogP contribution in [0.1, 0.15) is 237 Å². The van der Waals surface area contributed by atoms with Gasteiger partial charge in [-0.15, -0.1) is 0 Å². The number of ketones is 6. The summed E-state index contributed by atoms with van der Waals surface area (Å²) in [6.45, 7) is 41.9. The van der Waals surface area contributed by atoms with E-state index in [9.17, 15) is 44.1 Å². The Bertz CT molecular complexity index is 3030. The van der Waals surface area contributed by atoms with E-state index in [2.05, 4.69) is 39.0 Å². The van der Waals surface area contributed by atoms with Crippen LogP contribution in [0.3, 0.4) is 0 Å². The van der Waals surface area contributed by atoms with Crippen LogP contribution < -0.4 is 0 Å². The van der Waals surface area contributed by atoms with Crippen molar-refractivity contribution >= 4 is 34.7 Å². The van der Waals surface area contributed by atoms with Crippen molar-refractivity contribution in [1.82, 2.24) is 0 Å². The van der Waals surface area contributed by atoms with Crippen LogP contribution in [0, 0.1) is 20.8 Å². The van der Waals surface area contributed by atoms with Crippen molar-refractivity contribution in [2.45, 2.75) is 178 Å². The summed E-state index contributed by atoms with van der Waals surface area (Å²) in [4.78, 5) is 76.0. The van der Waals surface area contributed by atoms with Crippen LogP contribution in [0.5, 0.6) is 17.2 Å². The molecule has 0 heterocycles. The average Bonchev–Trinajstić information content (AvgIpc) is 1.42. The molecule has 7 aromatic rings. The smallest absolute Gasteiger partial charge is 0.233 e. The lowest BCUT2D eigenvalue weighted by Crippen LogP contribution is -2.21. The number of phenols is 3. The zero-order valence-electron chi connectivity index (χ0n) is 53.6. The standard InChI is InChI=1S/3C22H26O3.C9H12/c3*1-21(2,3)16-12-15(13-17(20(16)25)22(4,5)6)19(24)18(23)14-10-8-7-9-11-14;1-7-4-8(2)6-9(3)5-7/h3*7-13,25H,1-6H3;4-6H,1-3H3. The van der Waals surface area contributed by atoms with Gasteiger partial charge in [-0.2, -0.15) is 0 Å². The molecule has 0 bridgehead atoms. The average molecular weight is 1140 g/mol. The summed E-state index contributed by atoms with van der Waals surface area (Å²) >= 11 is 0. The second-order valence-corrected chi connectivity index (χ2v) is 28.0. The SMILES string of the molecule is CC(C)(C)c1cc(C(=O)C(=O)c2ccccc2)cc(C(C)(C)C)c1O.CC(C)(C)c1cc(C(=O)C(=O)c2ccccc2)cc(C(C)(C)C)c1O.CC(C)(C)c1cc(C(=O)C(=O)c2ccccc2)cc(C(C)(C)C)c1O.Cc1cc(C)cc(C)c1. The van der Waals surface area contributed by atoms with Crippen LogP contribution in [0.25, 0.3) is 0 Å². The monoisotopic (exact) mass is 1130 g/mol. The largest absolute Gasteiger partial charge is 0.507 e. The van der Waals surface area contributed by atoms with Crippen molar-refractivity contribution in [3.63, 3.8) is 0 Å². The second kappa shape index (κ2) is 26.7. The minimum atomic E-state index is -0.554. The predicted octanol–water partition coefficient (Wildman–Crippen LogP) is 17.8. The highest BCUT2D eigenvalue weighted by atomic mass is 16.3. The van der Waals surface area contributed by atoms with Gasteiger partial charge in [0.2, 0.25) is 34.7 Å². The number of aromatic hydroxyl groups is 3. The van der Waals surface area contributed by atoms with E-state index in [1.54, 1.807) is 127 Å². The highest BCUT2D eigenvalue weighted by Crippen LogP contribution is 2.43. The van der Waals surface area contributed by atoms with Crippen LogP contribution in [0.15, 0.2) is 146 Å². The number of hydrogen-bond donors (Lipinski definition) is 3. The number of Topliss-reactive ketones (excluding diaryl/α,β-unsaturated/α-hetero) is 6. The zero-order valence-corrected chi connectivity index (χ0v) is 53.6. The van der Waals surface area contributed by atoms with Gasteiger partial charge in [0.1, 0.15) is 17.2 Å². The maximum atomic E-state index is 12.8. The first kappa shape index (κ1) is 68.5. The molecule has 0 aliphatic heterocycles. The van der Waals surface area contributed by atoms with E-state index in [0.29, 0.717) is 66.8 Å². The van der Waals surface area contributed by atoms with Gasteiger partial charge >= 0.3 is 0 Å². The van der Waals surface area contributed by atoms with E-state index in [1.165, 1.54) is 16.7 Å². The Balaban J connectivity index is 0.000000251. The molecule has 7 rings (SSSR count). The Morgan fingerprint density at radius 1 is 0.238 bits per heavy atom. The lowest BCUT2D eigenvalue weighted by Gasteiger charge is -2.28. The maximum Gasteiger partial charge on any atom is 0.233 e. The molecule has 9 heteroatoms. The Morgan fingerprint density at radius 3 is 0.524 bits per heavy atom. The molecule has 0 radical (unpaired) electrons. The molecule has 0 aliphatic carbocycles. The van der Waals surface area contributed by atoms with Crippen molar-refractivity contribution in [2.24, 2.45) is 0 Å². The van der Waals surface area contributed by atoms with Gasteiger partial charge in [-0.3, -0.25) is 28.8 Å². The molecule has 0 spiro atoms. The van der Waals surface area contributed by atoms with E-state index in [0.717, 1.165) is 0 Å². The minimum Gasteiger partial charge on any atom is -0.507 e. The fourth-order valence-electron chi connectivity index (χ4n) is 9.48. The van der Waals surface area contributed by atoms with Gasteiger partial charge in [-0.05, 0) is 89.7 Å². The van der Waals surface area contributed by atoms with E-state index >= 15 is 0 Å². The van der Waals surface area contributed by atoms with Gasteiger partial charge in [-0.1, -0.05) is 251 Å². The van der Waals surface area contributed by atoms with Gasteiger partial charge < -0.3 is 15.3 Å². The highest BCUT2D eigenvalue weighted by Gasteiger charge is 2.33. The third-order valence-corrected chi connectivity index (χ3v) is 14.1. The first-order valence-corrected chi connectivity index (χ1v) is 28.6. The molecule has 84 heavy (non-hydrogen) atoms. The summed E-state index contributed by atoms with van der Waals surface area (Å²) in [5, 5.41) is 32.2. The van der Waals surface area contributed by atoms with Crippen molar-refractivity contribution in [1.29, 1.82) is 0 Å². The highest BCUT2D eigenvalue weighted by molar-refractivity contribution is 6.50. The first-order valence-electron chi connectivity index (χ1n) is 28.6. The molecule has 7 aromatic carbocycles. The third-order valence-electron chi connectivity index (χ3n) is 14.1.